The molecule has 1 aliphatic heterocycles. The third kappa shape index (κ3) is 5.26. The van der Waals surface area contributed by atoms with Crippen molar-refractivity contribution in [2.24, 2.45) is 5.41 Å². The van der Waals surface area contributed by atoms with Gasteiger partial charge in [0.15, 0.2) is 0 Å². The third-order valence-corrected chi connectivity index (χ3v) is 3.92. The van der Waals surface area contributed by atoms with Crippen molar-refractivity contribution in [2.45, 2.75) is 26.8 Å². The standard InChI is InChI=1S/C15H22ClFN2.2ClH/c1-15(2,3)14(19-8-6-18-7-9-19)12-5-4-11(17)10-13(12)16;;/h4-5,10,14,18H,6-9H2,1-3H3;2*1H/t14-;;/m1../s1. The van der Waals surface area contributed by atoms with Gasteiger partial charge in [0, 0.05) is 37.2 Å². The molecule has 0 bridgehead atoms. The van der Waals surface area contributed by atoms with Crippen molar-refractivity contribution in [2.75, 3.05) is 26.2 Å². The molecule has 122 valence electrons. The normalized spacial score (nSPS) is 17.6. The number of rotatable bonds is 2. The van der Waals surface area contributed by atoms with E-state index in [1.165, 1.54) is 12.1 Å². The summed E-state index contributed by atoms with van der Waals surface area (Å²) in [6.45, 7) is 10.6. The predicted octanol–water partition coefficient (Wildman–Crippen LogP) is 4.32. The zero-order chi connectivity index (χ0) is 14.0. The van der Waals surface area contributed by atoms with Gasteiger partial charge >= 0.3 is 0 Å². The van der Waals surface area contributed by atoms with Gasteiger partial charge in [0.1, 0.15) is 5.82 Å². The molecule has 0 unspecified atom stereocenters. The molecule has 1 aliphatic rings. The van der Waals surface area contributed by atoms with Crippen LogP contribution in [0.3, 0.4) is 0 Å². The molecule has 1 heterocycles. The van der Waals surface area contributed by atoms with Crippen molar-refractivity contribution >= 4 is 36.4 Å². The van der Waals surface area contributed by atoms with Crippen molar-refractivity contribution in [1.29, 1.82) is 0 Å². The third-order valence-electron chi connectivity index (χ3n) is 3.59. The van der Waals surface area contributed by atoms with E-state index in [0.29, 0.717) is 5.02 Å². The van der Waals surface area contributed by atoms with Gasteiger partial charge in [-0.05, 0) is 23.1 Å². The Bertz CT molecular complexity index is 443. The molecule has 1 aromatic carbocycles. The highest BCUT2D eigenvalue weighted by molar-refractivity contribution is 6.31. The lowest BCUT2D eigenvalue weighted by atomic mass is 9.81. The van der Waals surface area contributed by atoms with Crippen molar-refractivity contribution in [3.63, 3.8) is 0 Å². The Hall–Kier alpha value is -0.0600. The van der Waals surface area contributed by atoms with Crippen LogP contribution in [-0.4, -0.2) is 31.1 Å². The highest BCUT2D eigenvalue weighted by Gasteiger charge is 2.33. The molecule has 0 aliphatic carbocycles. The van der Waals surface area contributed by atoms with E-state index in [1.54, 1.807) is 0 Å². The molecule has 2 nitrogen and oxygen atoms in total. The molecule has 1 fully saturated rings. The van der Waals surface area contributed by atoms with Gasteiger partial charge in [0.25, 0.3) is 0 Å². The lowest BCUT2D eigenvalue weighted by Gasteiger charge is -2.43. The molecule has 0 spiro atoms. The molecule has 2 rings (SSSR count). The number of nitrogens with zero attached hydrogens (tertiary/aromatic N) is 1. The second-order valence-electron chi connectivity index (χ2n) is 6.22. The number of hydrogen-bond acceptors (Lipinski definition) is 2. The SMILES string of the molecule is CC(C)(C)[C@@H](c1ccc(F)cc1Cl)N1CCNCC1.Cl.Cl. The fourth-order valence-corrected chi connectivity index (χ4v) is 3.15. The topological polar surface area (TPSA) is 15.3 Å². The first-order valence-electron chi connectivity index (χ1n) is 6.79. The van der Waals surface area contributed by atoms with Gasteiger partial charge < -0.3 is 5.32 Å². The Balaban J connectivity index is 0.00000200. The highest BCUT2D eigenvalue weighted by Crippen LogP contribution is 2.41. The summed E-state index contributed by atoms with van der Waals surface area (Å²) in [4.78, 5) is 2.44. The number of piperazine rings is 1. The number of benzene rings is 1. The quantitative estimate of drug-likeness (QED) is 0.848. The van der Waals surface area contributed by atoms with E-state index < -0.39 is 0 Å². The molecule has 0 amide bonds. The molecule has 0 aromatic heterocycles. The molecule has 1 aromatic rings. The summed E-state index contributed by atoms with van der Waals surface area (Å²) in [6.07, 6.45) is 0. The summed E-state index contributed by atoms with van der Waals surface area (Å²) in [5, 5.41) is 3.89. The lowest BCUT2D eigenvalue weighted by molar-refractivity contribution is 0.0862. The smallest absolute Gasteiger partial charge is 0.124 e. The first kappa shape index (κ1) is 20.9. The Morgan fingerprint density at radius 2 is 1.76 bits per heavy atom. The molecular formula is C15H24Cl3FN2. The largest absolute Gasteiger partial charge is 0.314 e. The fraction of sp³-hybridized carbons (Fsp3) is 0.600. The van der Waals surface area contributed by atoms with E-state index in [2.05, 4.69) is 31.0 Å². The Labute approximate surface area is 144 Å². The average molecular weight is 358 g/mol. The summed E-state index contributed by atoms with van der Waals surface area (Å²) in [7, 11) is 0. The van der Waals surface area contributed by atoms with Crippen LogP contribution in [0.15, 0.2) is 18.2 Å². The Kier molecular flexibility index (Phi) is 8.52. The Morgan fingerprint density at radius 1 is 1.19 bits per heavy atom. The van der Waals surface area contributed by atoms with Crippen LogP contribution in [0.5, 0.6) is 0 Å². The monoisotopic (exact) mass is 356 g/mol. The molecule has 1 atom stereocenters. The molecule has 0 radical (unpaired) electrons. The molecule has 1 saturated heterocycles. The molecule has 6 heteroatoms. The van der Waals surface area contributed by atoms with Gasteiger partial charge in [0.05, 0.1) is 0 Å². The van der Waals surface area contributed by atoms with Gasteiger partial charge in [-0.3, -0.25) is 4.90 Å². The summed E-state index contributed by atoms with van der Waals surface area (Å²) >= 11 is 6.27. The number of nitrogens with one attached hydrogen (secondary N) is 1. The minimum atomic E-state index is -0.276. The predicted molar refractivity (Wildman–Crippen MR) is 92.5 cm³/mol. The zero-order valence-corrected chi connectivity index (χ0v) is 15.0. The van der Waals surface area contributed by atoms with Crippen molar-refractivity contribution in [1.82, 2.24) is 10.2 Å². The zero-order valence-electron chi connectivity index (χ0n) is 12.7. The summed E-state index contributed by atoms with van der Waals surface area (Å²) in [6, 6.07) is 4.96. The second kappa shape index (κ2) is 8.54. The van der Waals surface area contributed by atoms with E-state index in [9.17, 15) is 4.39 Å². The van der Waals surface area contributed by atoms with Crippen LogP contribution >= 0.6 is 36.4 Å². The van der Waals surface area contributed by atoms with E-state index in [-0.39, 0.29) is 42.1 Å². The first-order valence-corrected chi connectivity index (χ1v) is 7.17. The number of halogens is 4. The van der Waals surface area contributed by atoms with Crippen molar-refractivity contribution < 1.29 is 4.39 Å². The molecule has 1 N–H and O–H groups in total. The van der Waals surface area contributed by atoms with Gasteiger partial charge in [-0.15, -0.1) is 24.8 Å². The van der Waals surface area contributed by atoms with Crippen LogP contribution in [0, 0.1) is 11.2 Å². The van der Waals surface area contributed by atoms with Crippen LogP contribution in [0.2, 0.25) is 5.02 Å². The maximum atomic E-state index is 13.2. The molecular weight excluding hydrogens is 334 g/mol. The van der Waals surface area contributed by atoms with Crippen LogP contribution in [0.25, 0.3) is 0 Å². The maximum Gasteiger partial charge on any atom is 0.124 e. The van der Waals surface area contributed by atoms with E-state index in [0.717, 1.165) is 31.7 Å². The van der Waals surface area contributed by atoms with Crippen molar-refractivity contribution in [3.05, 3.63) is 34.6 Å². The minimum absolute atomic E-state index is 0. The van der Waals surface area contributed by atoms with Crippen LogP contribution < -0.4 is 5.32 Å². The minimum Gasteiger partial charge on any atom is -0.314 e. The van der Waals surface area contributed by atoms with E-state index in [4.69, 9.17) is 11.6 Å². The lowest BCUT2D eigenvalue weighted by Crippen LogP contribution is -2.48. The van der Waals surface area contributed by atoms with Gasteiger partial charge in [0.2, 0.25) is 0 Å². The van der Waals surface area contributed by atoms with E-state index >= 15 is 0 Å². The van der Waals surface area contributed by atoms with Gasteiger partial charge in [-0.1, -0.05) is 38.4 Å². The van der Waals surface area contributed by atoms with Crippen LogP contribution in [-0.2, 0) is 0 Å². The average Bonchev–Trinajstić information content (AvgIpc) is 2.32. The van der Waals surface area contributed by atoms with Crippen LogP contribution in [0.1, 0.15) is 32.4 Å². The Morgan fingerprint density at radius 3 is 2.24 bits per heavy atom. The summed E-state index contributed by atoms with van der Waals surface area (Å²) in [5.41, 5.74) is 1.08. The number of hydrogen-bond donors (Lipinski definition) is 1. The summed E-state index contributed by atoms with van der Waals surface area (Å²) in [5.74, 6) is -0.276. The van der Waals surface area contributed by atoms with Gasteiger partial charge in [-0.2, -0.15) is 0 Å². The van der Waals surface area contributed by atoms with Crippen LogP contribution in [0.4, 0.5) is 4.39 Å². The first-order chi connectivity index (χ1) is 8.89. The molecule has 0 saturated carbocycles. The fourth-order valence-electron chi connectivity index (χ4n) is 2.87. The summed E-state index contributed by atoms with van der Waals surface area (Å²) < 4.78 is 13.2. The maximum absolute atomic E-state index is 13.2. The highest BCUT2D eigenvalue weighted by atomic mass is 35.5. The van der Waals surface area contributed by atoms with Gasteiger partial charge in [-0.25, -0.2) is 4.39 Å². The molecule has 21 heavy (non-hydrogen) atoms. The van der Waals surface area contributed by atoms with Crippen molar-refractivity contribution in [3.8, 4) is 0 Å². The second-order valence-corrected chi connectivity index (χ2v) is 6.63. The van der Waals surface area contributed by atoms with E-state index in [1.807, 2.05) is 6.07 Å².